The summed E-state index contributed by atoms with van der Waals surface area (Å²) in [6.07, 6.45) is 14.3. The first-order valence-electron chi connectivity index (χ1n) is 12.6. The predicted molar refractivity (Wildman–Crippen MR) is 133 cm³/mol. The number of ether oxygens (including phenoxy) is 3. The van der Waals surface area contributed by atoms with E-state index in [2.05, 4.69) is 21.4 Å². The number of fused-ring (bicyclic) bond motifs is 1. The Kier molecular flexibility index (Phi) is 6.24. The lowest BCUT2D eigenvalue weighted by molar-refractivity contribution is -0.169. The minimum Gasteiger partial charge on any atom is -0.381 e. The van der Waals surface area contributed by atoms with E-state index in [1.807, 2.05) is 47.1 Å². The Morgan fingerprint density at radius 1 is 1.22 bits per heavy atom. The van der Waals surface area contributed by atoms with Crippen LogP contribution >= 0.6 is 0 Å². The zero-order chi connectivity index (χ0) is 25.4. The average molecular weight is 503 g/mol. The summed E-state index contributed by atoms with van der Waals surface area (Å²) >= 11 is 0. The first-order valence-corrected chi connectivity index (χ1v) is 12.6. The molecule has 1 saturated carbocycles. The summed E-state index contributed by atoms with van der Waals surface area (Å²) in [4.78, 5) is 5.05. The highest BCUT2D eigenvalue weighted by atomic mass is 16.7. The van der Waals surface area contributed by atoms with E-state index in [1.54, 1.807) is 18.0 Å². The molecule has 0 aromatic carbocycles. The van der Waals surface area contributed by atoms with E-state index < -0.39 is 0 Å². The van der Waals surface area contributed by atoms with Gasteiger partial charge in [-0.2, -0.15) is 20.6 Å². The van der Waals surface area contributed by atoms with Crippen molar-refractivity contribution in [2.75, 3.05) is 13.7 Å². The van der Waals surface area contributed by atoms with Crippen molar-refractivity contribution in [3.05, 3.63) is 42.7 Å². The van der Waals surface area contributed by atoms with Gasteiger partial charge in [-0.3, -0.25) is 9.36 Å². The highest BCUT2D eigenvalue weighted by molar-refractivity contribution is 5.78. The maximum Gasteiger partial charge on any atom is 0.158 e. The summed E-state index contributed by atoms with van der Waals surface area (Å²) in [5.41, 5.74) is 4.57. The Morgan fingerprint density at radius 3 is 2.89 bits per heavy atom. The molecule has 1 aliphatic heterocycles. The molecule has 5 heterocycles. The van der Waals surface area contributed by atoms with Crippen LogP contribution in [0, 0.1) is 11.3 Å². The van der Waals surface area contributed by atoms with E-state index >= 15 is 0 Å². The van der Waals surface area contributed by atoms with Crippen LogP contribution in [-0.4, -0.2) is 60.3 Å². The van der Waals surface area contributed by atoms with Crippen molar-refractivity contribution in [3.63, 3.8) is 0 Å². The molecule has 0 N–H and O–H groups in total. The van der Waals surface area contributed by atoms with Crippen LogP contribution in [0.1, 0.15) is 44.2 Å². The summed E-state index contributed by atoms with van der Waals surface area (Å²) in [7, 11) is 3.60. The summed E-state index contributed by atoms with van der Waals surface area (Å²) in [5.74, 6) is 0. The standard InChI is InChI=1S/C26H30N8O3/c1-32-15-20(22(31-32)17-37-24-5-3-4-10-36-24)21-16-33-23(6-9-28-33)25(30-21)18-13-29-34(14-18)26(7-8-27)11-19(12-26)35-2/h6,9,13-16,19,24H,3-5,7,10-12,17H2,1-2H3. The van der Waals surface area contributed by atoms with Crippen molar-refractivity contribution < 1.29 is 14.2 Å². The lowest BCUT2D eigenvalue weighted by Gasteiger charge is -2.45. The molecule has 1 saturated heterocycles. The molecule has 0 bridgehead atoms. The molecule has 0 radical (unpaired) electrons. The van der Waals surface area contributed by atoms with Gasteiger partial charge in [0.1, 0.15) is 0 Å². The van der Waals surface area contributed by atoms with Gasteiger partial charge in [0.15, 0.2) is 6.29 Å². The molecular formula is C26H30N8O3. The Hall–Kier alpha value is -3.59. The fourth-order valence-electron chi connectivity index (χ4n) is 5.36. The van der Waals surface area contributed by atoms with Gasteiger partial charge in [-0.25, -0.2) is 9.50 Å². The largest absolute Gasteiger partial charge is 0.381 e. The van der Waals surface area contributed by atoms with Crippen molar-refractivity contribution in [1.29, 1.82) is 5.26 Å². The summed E-state index contributed by atoms with van der Waals surface area (Å²) in [6, 6.07) is 4.26. The molecule has 192 valence electrons. The highest BCUT2D eigenvalue weighted by Crippen LogP contribution is 2.44. The number of aryl methyl sites for hydroxylation is 1. The SMILES string of the molecule is COC1CC(CC#N)(n2cc(-c3nc(-c4cn(C)nc4COC4CCCCO4)cn4nccc34)cn2)C1. The van der Waals surface area contributed by atoms with Gasteiger partial charge in [0.2, 0.25) is 0 Å². The maximum absolute atomic E-state index is 9.46. The van der Waals surface area contributed by atoms with Gasteiger partial charge in [-0.05, 0) is 38.2 Å². The Balaban J connectivity index is 1.34. The fraction of sp³-hybridized carbons (Fsp3) is 0.500. The monoisotopic (exact) mass is 502 g/mol. The maximum atomic E-state index is 9.46. The lowest BCUT2D eigenvalue weighted by Crippen LogP contribution is -2.50. The van der Waals surface area contributed by atoms with E-state index in [9.17, 15) is 5.26 Å². The minimum atomic E-state index is -0.350. The molecule has 4 aromatic rings. The third-order valence-corrected chi connectivity index (χ3v) is 7.41. The minimum absolute atomic E-state index is 0.147. The van der Waals surface area contributed by atoms with Gasteiger partial charge < -0.3 is 14.2 Å². The van der Waals surface area contributed by atoms with Crippen LogP contribution < -0.4 is 0 Å². The van der Waals surface area contributed by atoms with Crippen LogP contribution in [0.2, 0.25) is 0 Å². The van der Waals surface area contributed by atoms with Gasteiger partial charge in [0.25, 0.3) is 0 Å². The van der Waals surface area contributed by atoms with Crippen LogP contribution in [0.3, 0.4) is 0 Å². The zero-order valence-electron chi connectivity index (χ0n) is 21.1. The molecule has 0 spiro atoms. The quantitative estimate of drug-likeness (QED) is 0.360. The molecule has 1 atom stereocenters. The van der Waals surface area contributed by atoms with Crippen LogP contribution in [-0.2, 0) is 33.4 Å². The fourth-order valence-corrected chi connectivity index (χ4v) is 5.36. The zero-order valence-corrected chi connectivity index (χ0v) is 21.1. The molecule has 0 amide bonds. The number of rotatable bonds is 8. The Labute approximate surface area is 214 Å². The molecule has 37 heavy (non-hydrogen) atoms. The van der Waals surface area contributed by atoms with Crippen LogP contribution in [0.15, 0.2) is 37.1 Å². The molecule has 4 aromatic heterocycles. The highest BCUT2D eigenvalue weighted by Gasteiger charge is 2.47. The molecule has 6 rings (SSSR count). The van der Waals surface area contributed by atoms with Crippen molar-refractivity contribution in [1.82, 2.24) is 34.2 Å². The lowest BCUT2D eigenvalue weighted by atomic mass is 9.72. The Morgan fingerprint density at radius 2 is 2.11 bits per heavy atom. The first kappa shape index (κ1) is 23.8. The molecule has 2 aliphatic rings. The molecule has 11 nitrogen and oxygen atoms in total. The van der Waals surface area contributed by atoms with Crippen LogP contribution in [0.4, 0.5) is 0 Å². The van der Waals surface area contributed by atoms with Crippen LogP contribution in [0.5, 0.6) is 0 Å². The number of nitrogens with zero attached hydrogens (tertiary/aromatic N) is 8. The molecule has 1 unspecified atom stereocenters. The first-order chi connectivity index (χ1) is 18.1. The smallest absolute Gasteiger partial charge is 0.158 e. The van der Waals surface area contributed by atoms with E-state index in [0.29, 0.717) is 13.0 Å². The number of aromatic nitrogens is 7. The molecule has 11 heteroatoms. The van der Waals surface area contributed by atoms with Crippen LogP contribution in [0.25, 0.3) is 28.0 Å². The van der Waals surface area contributed by atoms with Gasteiger partial charge >= 0.3 is 0 Å². The van der Waals surface area contributed by atoms with Gasteiger partial charge in [0.05, 0.1) is 71.9 Å². The topological polar surface area (TPSA) is 117 Å². The summed E-state index contributed by atoms with van der Waals surface area (Å²) in [6.45, 7) is 1.07. The number of hydrogen-bond donors (Lipinski definition) is 0. The number of methoxy groups -OCH3 is 1. The second-order valence-corrected chi connectivity index (χ2v) is 9.90. The normalized spacial score (nSPS) is 23.7. The Bertz CT molecular complexity index is 1440. The van der Waals surface area contributed by atoms with Crippen molar-refractivity contribution in [2.24, 2.45) is 7.05 Å². The third-order valence-electron chi connectivity index (χ3n) is 7.41. The van der Waals surface area contributed by atoms with E-state index in [1.165, 1.54) is 0 Å². The number of nitriles is 1. The van der Waals surface area contributed by atoms with Gasteiger partial charge in [0, 0.05) is 44.3 Å². The molecule has 1 aliphatic carbocycles. The second-order valence-electron chi connectivity index (χ2n) is 9.90. The molecular weight excluding hydrogens is 472 g/mol. The van der Waals surface area contributed by atoms with E-state index in [0.717, 1.165) is 72.4 Å². The summed E-state index contributed by atoms with van der Waals surface area (Å²) < 4.78 is 22.8. The van der Waals surface area contributed by atoms with Gasteiger partial charge in [-0.1, -0.05) is 0 Å². The summed E-state index contributed by atoms with van der Waals surface area (Å²) in [5, 5.41) is 23.3. The van der Waals surface area contributed by atoms with Crippen molar-refractivity contribution in [2.45, 2.75) is 63.1 Å². The van der Waals surface area contributed by atoms with Crippen molar-refractivity contribution >= 4 is 5.52 Å². The van der Waals surface area contributed by atoms with E-state index in [4.69, 9.17) is 19.2 Å². The van der Waals surface area contributed by atoms with E-state index in [-0.39, 0.29) is 17.9 Å². The third kappa shape index (κ3) is 4.41. The second kappa shape index (κ2) is 9.70. The van der Waals surface area contributed by atoms with Crippen molar-refractivity contribution in [3.8, 4) is 28.6 Å². The predicted octanol–water partition coefficient (Wildman–Crippen LogP) is 3.45. The number of hydrogen-bond acceptors (Lipinski definition) is 8. The average Bonchev–Trinajstić information content (AvgIpc) is 3.64. The van der Waals surface area contributed by atoms with Gasteiger partial charge in [-0.15, -0.1) is 0 Å². The molecule has 2 fully saturated rings.